The Morgan fingerprint density at radius 3 is 2.40 bits per heavy atom. The number of benzene rings is 1. The molecule has 1 spiro atoms. The van der Waals surface area contributed by atoms with Crippen LogP contribution in [0.15, 0.2) is 48.6 Å². The molecule has 4 aliphatic rings. The van der Waals surface area contributed by atoms with E-state index in [4.69, 9.17) is 4.74 Å². The number of ether oxygens (including phenoxy) is 1. The topological polar surface area (TPSA) is 90.4 Å². The molecule has 4 heterocycles. The van der Waals surface area contributed by atoms with Gasteiger partial charge in [0.1, 0.15) is 11.8 Å². The number of anilines is 1. The van der Waals surface area contributed by atoms with Crippen molar-refractivity contribution >= 4 is 35.2 Å². The van der Waals surface area contributed by atoms with Crippen molar-refractivity contribution < 1.29 is 24.2 Å². The van der Waals surface area contributed by atoms with Gasteiger partial charge in [-0.05, 0) is 50.5 Å². The summed E-state index contributed by atoms with van der Waals surface area (Å²) >= 11 is 1.59. The first-order valence-corrected chi connectivity index (χ1v) is 16.4. The third kappa shape index (κ3) is 4.96. The lowest BCUT2D eigenvalue weighted by Gasteiger charge is -2.41. The standard InChI is InChI=1S/C33H45N3O5S/c1-6-11-22(5)34-19-10-17-33-28(31(39)36(29(33)32(34)40)25(20-37)21(4)7-2)27-26(42-33)12-9-18-35(30(27)38)23-13-15-24(16-14-23)41-8-3/h9-10,12-17,21-22,25-29,37H,6-8,11,18-20H2,1-5H3/t21-,22?,25-,26+,27-,28-,29?,33-/m0/s1. The fraction of sp³-hybridized carbons (Fsp3) is 0.606. The number of fused-ring (bicyclic) bond motifs is 2. The number of carbonyl (C=O) groups is 3. The van der Waals surface area contributed by atoms with Gasteiger partial charge in [-0.2, -0.15) is 0 Å². The Kier molecular flexibility index (Phi) is 9.09. The predicted octanol–water partition coefficient (Wildman–Crippen LogP) is 4.28. The molecule has 0 aromatic heterocycles. The van der Waals surface area contributed by atoms with Crippen LogP contribution in [0.25, 0.3) is 0 Å². The summed E-state index contributed by atoms with van der Waals surface area (Å²) in [6, 6.07) is 6.21. The molecule has 1 aromatic rings. The van der Waals surface area contributed by atoms with Gasteiger partial charge in [0.05, 0.1) is 35.8 Å². The van der Waals surface area contributed by atoms with E-state index in [1.165, 1.54) is 0 Å². The van der Waals surface area contributed by atoms with Gasteiger partial charge in [-0.15, -0.1) is 11.8 Å². The average molecular weight is 596 g/mol. The Morgan fingerprint density at radius 2 is 1.76 bits per heavy atom. The minimum Gasteiger partial charge on any atom is -0.494 e. The number of likely N-dealkylation sites (tertiary alicyclic amines) is 1. The number of nitrogens with zero attached hydrogens (tertiary/aromatic N) is 3. The van der Waals surface area contributed by atoms with Gasteiger partial charge in [0.15, 0.2) is 0 Å². The number of aliphatic hydroxyl groups is 1. The molecular formula is C33H45N3O5S. The highest BCUT2D eigenvalue weighted by Gasteiger charge is 2.72. The summed E-state index contributed by atoms with van der Waals surface area (Å²) < 4.78 is 4.70. The number of rotatable bonds is 10. The summed E-state index contributed by atoms with van der Waals surface area (Å²) in [6.07, 6.45) is 10.7. The zero-order valence-corrected chi connectivity index (χ0v) is 26.3. The normalized spacial score (nSPS) is 30.9. The molecule has 228 valence electrons. The number of aliphatic hydroxyl groups excluding tert-OH is 1. The maximum Gasteiger partial charge on any atom is 0.247 e. The molecule has 0 aliphatic carbocycles. The molecule has 2 fully saturated rings. The molecule has 2 saturated heterocycles. The molecule has 5 rings (SSSR count). The first kappa shape index (κ1) is 30.7. The van der Waals surface area contributed by atoms with E-state index < -0.39 is 28.7 Å². The third-order valence-corrected chi connectivity index (χ3v) is 11.4. The molecule has 9 heteroatoms. The zero-order valence-electron chi connectivity index (χ0n) is 25.4. The first-order valence-electron chi connectivity index (χ1n) is 15.5. The predicted molar refractivity (Wildman–Crippen MR) is 166 cm³/mol. The molecule has 1 N–H and O–H groups in total. The maximum absolute atomic E-state index is 14.7. The molecule has 8 nitrogen and oxygen atoms in total. The fourth-order valence-corrected chi connectivity index (χ4v) is 9.35. The fourth-order valence-electron chi connectivity index (χ4n) is 7.36. The molecule has 42 heavy (non-hydrogen) atoms. The molecule has 3 amide bonds. The van der Waals surface area contributed by atoms with E-state index in [0.717, 1.165) is 30.7 Å². The van der Waals surface area contributed by atoms with Crippen molar-refractivity contribution in [3.63, 3.8) is 0 Å². The average Bonchev–Trinajstić information content (AvgIpc) is 3.29. The van der Waals surface area contributed by atoms with Crippen LogP contribution in [0.5, 0.6) is 5.75 Å². The quantitative estimate of drug-likeness (QED) is 0.406. The summed E-state index contributed by atoms with van der Waals surface area (Å²) in [5.74, 6) is -1.00. The van der Waals surface area contributed by atoms with Crippen LogP contribution in [-0.2, 0) is 14.4 Å². The second-order valence-corrected chi connectivity index (χ2v) is 13.5. The van der Waals surface area contributed by atoms with E-state index in [2.05, 4.69) is 26.0 Å². The van der Waals surface area contributed by atoms with Crippen molar-refractivity contribution in [1.82, 2.24) is 9.80 Å². The van der Waals surface area contributed by atoms with Gasteiger partial charge in [-0.25, -0.2) is 0 Å². The van der Waals surface area contributed by atoms with Gasteiger partial charge >= 0.3 is 0 Å². The van der Waals surface area contributed by atoms with Crippen molar-refractivity contribution in [3.05, 3.63) is 48.6 Å². The van der Waals surface area contributed by atoms with Crippen LogP contribution in [-0.4, -0.2) is 87.1 Å². The van der Waals surface area contributed by atoms with E-state index in [9.17, 15) is 19.5 Å². The lowest BCUT2D eigenvalue weighted by Crippen LogP contribution is -2.58. The van der Waals surface area contributed by atoms with Crippen molar-refractivity contribution in [2.75, 3.05) is 31.2 Å². The van der Waals surface area contributed by atoms with E-state index in [-0.39, 0.29) is 41.5 Å². The Morgan fingerprint density at radius 1 is 1.02 bits per heavy atom. The molecule has 0 radical (unpaired) electrons. The van der Waals surface area contributed by atoms with E-state index >= 15 is 0 Å². The van der Waals surface area contributed by atoms with Gasteiger partial charge in [0, 0.05) is 30.1 Å². The van der Waals surface area contributed by atoms with E-state index in [1.807, 2.05) is 62.1 Å². The Bertz CT molecular complexity index is 1230. The Hall–Kier alpha value is -2.78. The van der Waals surface area contributed by atoms with E-state index in [1.54, 1.807) is 21.6 Å². The lowest BCUT2D eigenvalue weighted by molar-refractivity contribution is -0.147. The second kappa shape index (κ2) is 12.4. The first-order chi connectivity index (χ1) is 20.2. The van der Waals surface area contributed by atoms with Crippen LogP contribution in [0.1, 0.15) is 53.9 Å². The largest absolute Gasteiger partial charge is 0.494 e. The zero-order chi connectivity index (χ0) is 30.2. The highest BCUT2D eigenvalue weighted by atomic mass is 32.2. The van der Waals surface area contributed by atoms with Crippen molar-refractivity contribution in [3.8, 4) is 5.75 Å². The summed E-state index contributed by atoms with van der Waals surface area (Å²) in [5, 5.41) is 10.4. The Balaban J connectivity index is 1.59. The van der Waals surface area contributed by atoms with Gasteiger partial charge in [-0.3, -0.25) is 14.4 Å². The SMILES string of the molecule is CCCC(C)N1CC=C[C@]23S[C@@H]4C=CCN(c5ccc(OCC)cc5)C(=O)[C@@H]4[C@H]2C(=O)N([C@@H](CO)[C@@H](C)CC)C3C1=O. The number of thioether (sulfide) groups is 1. The summed E-state index contributed by atoms with van der Waals surface area (Å²) in [4.78, 5) is 49.0. The highest BCUT2D eigenvalue weighted by molar-refractivity contribution is 8.02. The van der Waals surface area contributed by atoms with Crippen LogP contribution in [0.4, 0.5) is 5.69 Å². The molecule has 0 bridgehead atoms. The molecule has 8 atom stereocenters. The van der Waals surface area contributed by atoms with Gasteiger partial charge in [0.2, 0.25) is 17.7 Å². The summed E-state index contributed by atoms with van der Waals surface area (Å²) in [7, 11) is 0. The molecule has 1 aromatic carbocycles. The third-order valence-electron chi connectivity index (χ3n) is 9.67. The monoisotopic (exact) mass is 595 g/mol. The minimum atomic E-state index is -0.896. The van der Waals surface area contributed by atoms with Crippen LogP contribution in [0.3, 0.4) is 0 Å². The maximum atomic E-state index is 14.7. The number of amides is 3. The van der Waals surface area contributed by atoms with Crippen molar-refractivity contribution in [1.29, 1.82) is 0 Å². The minimum absolute atomic E-state index is 0.0118. The molecule has 0 saturated carbocycles. The number of carbonyl (C=O) groups excluding carboxylic acids is 3. The van der Waals surface area contributed by atoms with Crippen molar-refractivity contribution in [2.24, 2.45) is 17.8 Å². The second-order valence-electron chi connectivity index (χ2n) is 12.1. The number of hydrogen-bond donors (Lipinski definition) is 1. The Labute approximate surface area is 254 Å². The van der Waals surface area contributed by atoms with Gasteiger partial charge in [0.25, 0.3) is 0 Å². The van der Waals surface area contributed by atoms with Crippen LogP contribution < -0.4 is 9.64 Å². The summed E-state index contributed by atoms with van der Waals surface area (Å²) in [5.41, 5.74) is 0.749. The van der Waals surface area contributed by atoms with Crippen LogP contribution in [0.2, 0.25) is 0 Å². The summed E-state index contributed by atoms with van der Waals surface area (Å²) in [6.45, 7) is 11.4. The van der Waals surface area contributed by atoms with Gasteiger partial charge in [-0.1, -0.05) is 57.9 Å². The van der Waals surface area contributed by atoms with Gasteiger partial charge < -0.3 is 24.5 Å². The van der Waals surface area contributed by atoms with Crippen molar-refractivity contribution in [2.45, 2.75) is 82.0 Å². The van der Waals surface area contributed by atoms with E-state index in [0.29, 0.717) is 19.7 Å². The molecular weight excluding hydrogens is 550 g/mol. The molecule has 2 unspecified atom stereocenters. The lowest BCUT2D eigenvalue weighted by atomic mass is 9.78. The smallest absolute Gasteiger partial charge is 0.247 e. The molecule has 4 aliphatic heterocycles. The highest BCUT2D eigenvalue weighted by Crippen LogP contribution is 2.61. The van der Waals surface area contributed by atoms with Crippen LogP contribution >= 0.6 is 11.8 Å². The number of hydrogen-bond acceptors (Lipinski definition) is 6. The van der Waals surface area contributed by atoms with Crippen LogP contribution in [0, 0.1) is 17.8 Å².